The number of ether oxygens (including phenoxy) is 2. The van der Waals surface area contributed by atoms with E-state index < -0.39 is 58.6 Å². The van der Waals surface area contributed by atoms with Crippen LogP contribution in [0.1, 0.15) is 16.7 Å². The summed E-state index contributed by atoms with van der Waals surface area (Å²) in [6.07, 6.45) is -11.5. The van der Waals surface area contributed by atoms with Crippen molar-refractivity contribution in [2.24, 2.45) is 0 Å². The Bertz CT molecular complexity index is 1850. The summed E-state index contributed by atoms with van der Waals surface area (Å²) in [5.41, 5.74) is -5.94. The van der Waals surface area contributed by atoms with Crippen molar-refractivity contribution < 1.29 is 57.2 Å². The van der Waals surface area contributed by atoms with Crippen LogP contribution in [0.15, 0.2) is 106 Å². The van der Waals surface area contributed by atoms with Crippen molar-refractivity contribution in [3.63, 3.8) is 0 Å². The van der Waals surface area contributed by atoms with Gasteiger partial charge in [0.05, 0.1) is 16.9 Å². The molecule has 7 nitrogen and oxygen atoms in total. The smallest absolute Gasteiger partial charge is 0.411 e. The molecule has 0 saturated heterocycles. The molecule has 0 aromatic heterocycles. The highest BCUT2D eigenvalue weighted by atomic mass is 32.2. The van der Waals surface area contributed by atoms with Crippen molar-refractivity contribution in [1.82, 2.24) is 0 Å². The Morgan fingerprint density at radius 2 is 1.07 bits per heavy atom. The number of hydrogen-bond acceptors (Lipinski definition) is 6. The number of sulfone groups is 1. The fourth-order valence-electron chi connectivity index (χ4n) is 4.54. The lowest BCUT2D eigenvalue weighted by atomic mass is 9.72. The second-order valence-corrected chi connectivity index (χ2v) is 12.8. The zero-order valence-corrected chi connectivity index (χ0v) is 24.3. The van der Waals surface area contributed by atoms with Crippen LogP contribution in [0, 0.1) is 6.92 Å². The van der Waals surface area contributed by atoms with Gasteiger partial charge in [-0.2, -0.15) is 34.8 Å². The van der Waals surface area contributed by atoms with Gasteiger partial charge in [-0.05, 0) is 72.6 Å². The molecule has 0 unspecified atom stereocenters. The zero-order chi connectivity index (χ0) is 32.7. The van der Waals surface area contributed by atoms with Gasteiger partial charge in [0.15, 0.2) is 0 Å². The molecule has 0 spiro atoms. The van der Waals surface area contributed by atoms with Gasteiger partial charge in [0.25, 0.3) is 10.1 Å². The molecule has 0 saturated carbocycles. The van der Waals surface area contributed by atoms with E-state index in [1.165, 1.54) is 19.1 Å². The van der Waals surface area contributed by atoms with Gasteiger partial charge in [-0.1, -0.05) is 42.0 Å². The zero-order valence-electron chi connectivity index (χ0n) is 22.6. The third-order valence-electron chi connectivity index (χ3n) is 6.72. The lowest BCUT2D eigenvalue weighted by molar-refractivity contribution is -0.288. The molecule has 0 atom stereocenters. The maximum absolute atomic E-state index is 14.3. The van der Waals surface area contributed by atoms with E-state index in [4.69, 9.17) is 9.47 Å². The number of alkyl halides is 6. The molecule has 4 aromatic carbocycles. The first-order chi connectivity index (χ1) is 20.3. The lowest BCUT2D eigenvalue weighted by Crippen LogP contribution is -2.54. The molecule has 1 N–H and O–H groups in total. The van der Waals surface area contributed by atoms with Crippen LogP contribution in [0.2, 0.25) is 0 Å². The van der Waals surface area contributed by atoms with Crippen molar-refractivity contribution in [2.75, 3.05) is 7.11 Å². The summed E-state index contributed by atoms with van der Waals surface area (Å²) in [5, 5.41) is 0. The third kappa shape index (κ3) is 5.99. The minimum atomic E-state index is -5.75. The van der Waals surface area contributed by atoms with Crippen LogP contribution in [0.25, 0.3) is 0 Å². The van der Waals surface area contributed by atoms with Gasteiger partial charge in [-0.3, -0.25) is 4.55 Å². The van der Waals surface area contributed by atoms with Crippen LogP contribution in [0.4, 0.5) is 26.3 Å². The Hall–Kier alpha value is -4.08. The molecule has 0 bridgehead atoms. The monoisotopic (exact) mass is 660 g/mol. The van der Waals surface area contributed by atoms with E-state index in [0.717, 1.165) is 67.8 Å². The van der Waals surface area contributed by atoms with Gasteiger partial charge < -0.3 is 9.47 Å². The summed E-state index contributed by atoms with van der Waals surface area (Å²) in [5.74, 6) is -0.441. The fourth-order valence-corrected chi connectivity index (χ4v) is 6.59. The standard InChI is InChI=1S/C29H22F6O7S2/c1-18-3-5-19(6-4-18)27(28(30,31)32,29(33,34)35)20-7-9-21(10-8-20)42-22-11-13-23(14-12-22)43(36,37)24-15-16-25(41-2)26(17-24)44(38,39)40/h3-17H,1-2H3,(H,38,39,40). The number of methoxy groups -OCH3 is 1. The third-order valence-corrected chi connectivity index (χ3v) is 9.36. The van der Waals surface area contributed by atoms with E-state index >= 15 is 0 Å². The molecule has 44 heavy (non-hydrogen) atoms. The van der Waals surface area contributed by atoms with E-state index in [1.54, 1.807) is 0 Å². The van der Waals surface area contributed by atoms with Crippen LogP contribution in [-0.4, -0.2) is 40.9 Å². The molecular weight excluding hydrogens is 638 g/mol. The Balaban J connectivity index is 1.65. The van der Waals surface area contributed by atoms with Crippen molar-refractivity contribution in [3.8, 4) is 17.2 Å². The van der Waals surface area contributed by atoms with Crippen LogP contribution in [-0.2, 0) is 25.4 Å². The summed E-state index contributed by atoms with van der Waals surface area (Å²) in [7, 11) is -8.03. The molecule has 0 aliphatic rings. The average Bonchev–Trinajstić information content (AvgIpc) is 2.93. The predicted octanol–water partition coefficient (Wildman–Crippen LogP) is 7.29. The molecule has 0 amide bonds. The highest BCUT2D eigenvalue weighted by Gasteiger charge is 2.72. The minimum Gasteiger partial charge on any atom is -0.495 e. The Labute approximate surface area is 248 Å². The second-order valence-electron chi connectivity index (χ2n) is 9.50. The van der Waals surface area contributed by atoms with Crippen molar-refractivity contribution in [1.29, 1.82) is 0 Å². The molecule has 0 radical (unpaired) electrons. The van der Waals surface area contributed by atoms with Gasteiger partial charge in [0.2, 0.25) is 15.3 Å². The number of aryl methyl sites for hydroxylation is 1. The van der Waals surface area contributed by atoms with Gasteiger partial charge >= 0.3 is 12.4 Å². The number of rotatable bonds is 8. The van der Waals surface area contributed by atoms with Gasteiger partial charge in [0.1, 0.15) is 22.1 Å². The SMILES string of the molecule is COc1ccc(S(=O)(=O)c2ccc(Oc3ccc(C(c4ccc(C)cc4)(C(F)(F)F)C(F)(F)F)cc3)cc2)cc1S(=O)(=O)O. The summed E-state index contributed by atoms with van der Waals surface area (Å²) >= 11 is 0. The first kappa shape index (κ1) is 32.8. The molecule has 0 fully saturated rings. The van der Waals surface area contributed by atoms with Gasteiger partial charge in [-0.25, -0.2) is 8.42 Å². The topological polar surface area (TPSA) is 107 Å². The minimum absolute atomic E-state index is 0.0125. The van der Waals surface area contributed by atoms with Crippen molar-refractivity contribution in [2.45, 2.75) is 39.4 Å². The predicted molar refractivity (Wildman–Crippen MR) is 145 cm³/mol. The van der Waals surface area contributed by atoms with E-state index in [-0.39, 0.29) is 22.1 Å². The molecule has 4 aromatic rings. The van der Waals surface area contributed by atoms with Crippen LogP contribution in [0.5, 0.6) is 17.2 Å². The number of benzene rings is 4. The second kappa shape index (κ2) is 11.4. The normalized spacial score (nSPS) is 13.0. The van der Waals surface area contributed by atoms with E-state index in [1.807, 2.05) is 0 Å². The van der Waals surface area contributed by atoms with Crippen LogP contribution in [0.3, 0.4) is 0 Å². The Kier molecular flexibility index (Phi) is 8.54. The van der Waals surface area contributed by atoms with E-state index in [9.17, 15) is 47.7 Å². The van der Waals surface area contributed by atoms with Crippen molar-refractivity contribution in [3.05, 3.63) is 108 Å². The van der Waals surface area contributed by atoms with Gasteiger partial charge in [-0.15, -0.1) is 0 Å². The summed E-state index contributed by atoms with van der Waals surface area (Å²) in [6, 6.07) is 14.4. The first-order valence-corrected chi connectivity index (χ1v) is 15.2. The summed E-state index contributed by atoms with van der Waals surface area (Å²) < 4.78 is 155. The molecule has 0 heterocycles. The molecule has 15 heteroatoms. The maximum atomic E-state index is 14.3. The molecule has 4 rings (SSSR count). The largest absolute Gasteiger partial charge is 0.495 e. The van der Waals surface area contributed by atoms with E-state index in [0.29, 0.717) is 23.8 Å². The Morgan fingerprint density at radius 1 is 0.636 bits per heavy atom. The lowest BCUT2D eigenvalue weighted by Gasteiger charge is -2.38. The molecule has 234 valence electrons. The van der Waals surface area contributed by atoms with Crippen LogP contribution >= 0.6 is 0 Å². The average molecular weight is 661 g/mol. The first-order valence-electron chi connectivity index (χ1n) is 12.3. The quantitative estimate of drug-likeness (QED) is 0.156. The van der Waals surface area contributed by atoms with Crippen molar-refractivity contribution >= 4 is 20.0 Å². The maximum Gasteiger partial charge on any atom is 0.411 e. The number of hydrogen-bond donors (Lipinski definition) is 1. The molecular formula is C29H22F6O7S2. The van der Waals surface area contributed by atoms with Gasteiger partial charge in [0, 0.05) is 0 Å². The number of halogens is 6. The summed E-state index contributed by atoms with van der Waals surface area (Å²) in [6.45, 7) is 1.53. The highest BCUT2D eigenvalue weighted by molar-refractivity contribution is 7.91. The molecule has 0 aliphatic heterocycles. The Morgan fingerprint density at radius 3 is 1.50 bits per heavy atom. The van der Waals surface area contributed by atoms with E-state index in [2.05, 4.69) is 0 Å². The fraction of sp³-hybridized carbons (Fsp3) is 0.172. The molecule has 0 aliphatic carbocycles. The highest BCUT2D eigenvalue weighted by Crippen LogP contribution is 2.56. The summed E-state index contributed by atoms with van der Waals surface area (Å²) in [4.78, 5) is -1.57. The van der Waals surface area contributed by atoms with Crippen LogP contribution < -0.4 is 9.47 Å².